The number of hydrogen-bond donors (Lipinski definition) is 1. The van der Waals surface area contributed by atoms with Crippen LogP contribution in [0.3, 0.4) is 0 Å². The van der Waals surface area contributed by atoms with Gasteiger partial charge in [-0.3, -0.25) is 0 Å². The van der Waals surface area contributed by atoms with E-state index in [0.29, 0.717) is 30.0 Å². The van der Waals surface area contributed by atoms with Crippen LogP contribution < -0.4 is 14.8 Å². The molecule has 1 saturated carbocycles. The van der Waals surface area contributed by atoms with Gasteiger partial charge in [-0.2, -0.15) is 0 Å². The van der Waals surface area contributed by atoms with Gasteiger partial charge in [-0.25, -0.2) is 0 Å². The molecule has 0 radical (unpaired) electrons. The molecule has 116 valence electrons. The zero-order chi connectivity index (χ0) is 14.8. The summed E-state index contributed by atoms with van der Waals surface area (Å²) in [7, 11) is 0. The number of benzene rings is 1. The first-order valence-electron chi connectivity index (χ1n) is 7.95. The Bertz CT molecular complexity index is 506. The van der Waals surface area contributed by atoms with Gasteiger partial charge in [-0.05, 0) is 48.8 Å². The van der Waals surface area contributed by atoms with Gasteiger partial charge in [-0.15, -0.1) is 0 Å². The zero-order valence-electron chi connectivity index (χ0n) is 12.8. The summed E-state index contributed by atoms with van der Waals surface area (Å²) in [6, 6.07) is 4.64. The molecule has 3 nitrogen and oxygen atoms in total. The Balaban J connectivity index is 1.62. The summed E-state index contributed by atoms with van der Waals surface area (Å²) < 4.78 is 11.2. The van der Waals surface area contributed by atoms with Crippen molar-refractivity contribution in [3.8, 4) is 11.5 Å². The second kappa shape index (κ2) is 6.45. The molecule has 0 amide bonds. The lowest BCUT2D eigenvalue weighted by atomic mass is 9.79. The highest BCUT2D eigenvalue weighted by Crippen LogP contribution is 2.38. The zero-order valence-corrected chi connectivity index (χ0v) is 13.6. The topological polar surface area (TPSA) is 30.5 Å². The number of nitrogens with one attached hydrogen (secondary N) is 1. The van der Waals surface area contributed by atoms with Crippen LogP contribution in [0.4, 0.5) is 0 Å². The van der Waals surface area contributed by atoms with Gasteiger partial charge in [-0.1, -0.05) is 25.4 Å². The Morgan fingerprint density at radius 1 is 1.14 bits per heavy atom. The van der Waals surface area contributed by atoms with Gasteiger partial charge in [0.15, 0.2) is 11.5 Å². The van der Waals surface area contributed by atoms with Crippen LogP contribution in [-0.2, 0) is 6.54 Å². The molecule has 1 fully saturated rings. The minimum atomic E-state index is 0.572. The molecular formula is C17H24ClNO2. The Hall–Kier alpha value is -0.930. The lowest BCUT2D eigenvalue weighted by molar-refractivity contribution is 0.171. The molecule has 1 N–H and O–H groups in total. The summed E-state index contributed by atoms with van der Waals surface area (Å²) >= 11 is 6.28. The van der Waals surface area contributed by atoms with E-state index in [9.17, 15) is 0 Å². The van der Waals surface area contributed by atoms with Gasteiger partial charge >= 0.3 is 0 Å². The van der Waals surface area contributed by atoms with E-state index in [-0.39, 0.29) is 0 Å². The van der Waals surface area contributed by atoms with E-state index in [1.54, 1.807) is 0 Å². The second-order valence-corrected chi connectivity index (χ2v) is 6.85. The average Bonchev–Trinajstić information content (AvgIpc) is 2.49. The first-order valence-corrected chi connectivity index (χ1v) is 8.32. The third-order valence-corrected chi connectivity index (χ3v) is 5.13. The van der Waals surface area contributed by atoms with Crippen molar-refractivity contribution in [2.75, 3.05) is 13.2 Å². The highest BCUT2D eigenvalue weighted by molar-refractivity contribution is 6.32. The van der Waals surface area contributed by atoms with Gasteiger partial charge in [0, 0.05) is 12.6 Å². The van der Waals surface area contributed by atoms with E-state index in [2.05, 4.69) is 19.2 Å². The van der Waals surface area contributed by atoms with Gasteiger partial charge < -0.3 is 14.8 Å². The van der Waals surface area contributed by atoms with Crippen LogP contribution in [0.1, 0.15) is 38.7 Å². The summed E-state index contributed by atoms with van der Waals surface area (Å²) in [5, 5.41) is 4.32. The maximum atomic E-state index is 6.28. The molecule has 0 bridgehead atoms. The van der Waals surface area contributed by atoms with Crippen LogP contribution in [0.2, 0.25) is 5.02 Å². The fourth-order valence-electron chi connectivity index (χ4n) is 3.26. The van der Waals surface area contributed by atoms with E-state index < -0.39 is 0 Å². The lowest BCUT2D eigenvalue weighted by Crippen LogP contribution is -2.35. The third kappa shape index (κ3) is 3.46. The molecule has 1 heterocycles. The Morgan fingerprint density at radius 2 is 1.95 bits per heavy atom. The molecule has 1 aromatic carbocycles. The van der Waals surface area contributed by atoms with Crippen molar-refractivity contribution >= 4 is 11.6 Å². The van der Waals surface area contributed by atoms with Gasteiger partial charge in [0.2, 0.25) is 0 Å². The minimum absolute atomic E-state index is 0.572. The summed E-state index contributed by atoms with van der Waals surface area (Å²) in [6.07, 6.45) is 3.85. The maximum absolute atomic E-state index is 6.28. The molecule has 3 rings (SSSR count). The van der Waals surface area contributed by atoms with E-state index in [0.717, 1.165) is 29.7 Å². The fraction of sp³-hybridized carbons (Fsp3) is 0.647. The molecule has 0 saturated heterocycles. The summed E-state index contributed by atoms with van der Waals surface area (Å²) in [5.41, 5.74) is 1.16. The largest absolute Gasteiger partial charge is 0.486 e. The molecule has 3 unspecified atom stereocenters. The molecule has 1 aliphatic heterocycles. The number of ether oxygens (including phenoxy) is 2. The number of fused-ring (bicyclic) bond motifs is 1. The molecule has 1 aliphatic carbocycles. The fourth-order valence-corrected chi connectivity index (χ4v) is 3.55. The normalized spacial score (nSPS) is 28.4. The maximum Gasteiger partial charge on any atom is 0.179 e. The quantitative estimate of drug-likeness (QED) is 0.914. The second-order valence-electron chi connectivity index (χ2n) is 6.45. The van der Waals surface area contributed by atoms with Crippen LogP contribution in [0.5, 0.6) is 11.5 Å². The van der Waals surface area contributed by atoms with Crippen molar-refractivity contribution in [3.63, 3.8) is 0 Å². The van der Waals surface area contributed by atoms with Crippen molar-refractivity contribution in [2.45, 2.75) is 45.7 Å². The Morgan fingerprint density at radius 3 is 2.76 bits per heavy atom. The average molecular weight is 310 g/mol. The predicted octanol–water partition coefficient (Wildman–Crippen LogP) is 4.03. The summed E-state index contributed by atoms with van der Waals surface area (Å²) in [4.78, 5) is 0. The van der Waals surface area contributed by atoms with E-state index >= 15 is 0 Å². The molecule has 0 aromatic heterocycles. The SMILES string of the molecule is CC1CCC(NCc2cc(Cl)c3c(c2)OCCO3)CC1C. The Kier molecular flexibility index (Phi) is 4.60. The predicted molar refractivity (Wildman–Crippen MR) is 85.2 cm³/mol. The molecule has 1 aromatic rings. The van der Waals surface area contributed by atoms with Crippen molar-refractivity contribution < 1.29 is 9.47 Å². The van der Waals surface area contributed by atoms with Crippen molar-refractivity contribution in [1.82, 2.24) is 5.32 Å². The van der Waals surface area contributed by atoms with Gasteiger partial charge in [0.1, 0.15) is 13.2 Å². The van der Waals surface area contributed by atoms with Crippen LogP contribution in [0.15, 0.2) is 12.1 Å². The molecule has 21 heavy (non-hydrogen) atoms. The standard InChI is InChI=1S/C17H24ClNO2/c1-11-3-4-14(7-12(11)2)19-10-13-8-15(18)17-16(9-13)20-5-6-21-17/h8-9,11-12,14,19H,3-7,10H2,1-2H3. The Labute approximate surface area is 132 Å². The number of halogens is 1. The molecule has 0 spiro atoms. The van der Waals surface area contributed by atoms with E-state index in [4.69, 9.17) is 21.1 Å². The molecule has 4 heteroatoms. The van der Waals surface area contributed by atoms with Crippen LogP contribution in [0.25, 0.3) is 0 Å². The third-order valence-electron chi connectivity index (χ3n) is 4.85. The molecular weight excluding hydrogens is 286 g/mol. The van der Waals surface area contributed by atoms with Gasteiger partial charge in [0.05, 0.1) is 5.02 Å². The number of hydrogen-bond acceptors (Lipinski definition) is 3. The van der Waals surface area contributed by atoms with Crippen LogP contribution in [0, 0.1) is 11.8 Å². The smallest absolute Gasteiger partial charge is 0.179 e. The monoisotopic (exact) mass is 309 g/mol. The molecule has 3 atom stereocenters. The first kappa shape index (κ1) is 15.0. The van der Waals surface area contributed by atoms with E-state index in [1.165, 1.54) is 19.3 Å². The van der Waals surface area contributed by atoms with Crippen LogP contribution in [-0.4, -0.2) is 19.3 Å². The first-order chi connectivity index (χ1) is 10.1. The summed E-state index contributed by atoms with van der Waals surface area (Å²) in [5.74, 6) is 3.12. The van der Waals surface area contributed by atoms with Crippen molar-refractivity contribution in [3.05, 3.63) is 22.7 Å². The highest BCUT2D eigenvalue weighted by atomic mass is 35.5. The van der Waals surface area contributed by atoms with Crippen LogP contribution >= 0.6 is 11.6 Å². The highest BCUT2D eigenvalue weighted by Gasteiger charge is 2.24. The molecule has 2 aliphatic rings. The van der Waals surface area contributed by atoms with E-state index in [1.807, 2.05) is 12.1 Å². The number of rotatable bonds is 3. The summed E-state index contributed by atoms with van der Waals surface area (Å²) in [6.45, 7) is 6.73. The van der Waals surface area contributed by atoms with Crippen molar-refractivity contribution in [2.24, 2.45) is 11.8 Å². The lowest BCUT2D eigenvalue weighted by Gasteiger charge is -2.32. The van der Waals surface area contributed by atoms with Gasteiger partial charge in [0.25, 0.3) is 0 Å². The minimum Gasteiger partial charge on any atom is -0.486 e. The van der Waals surface area contributed by atoms with Crippen molar-refractivity contribution in [1.29, 1.82) is 0 Å².